The molecule has 0 amide bonds. The van der Waals surface area contributed by atoms with Gasteiger partial charge in [0.15, 0.2) is 9.84 Å². The highest BCUT2D eigenvalue weighted by molar-refractivity contribution is 9.10. The maximum Gasteiger partial charge on any atom is 0.179 e. The van der Waals surface area contributed by atoms with Gasteiger partial charge in [0, 0.05) is 37.3 Å². The van der Waals surface area contributed by atoms with Crippen LogP contribution in [-0.4, -0.2) is 58.0 Å². The number of rotatable bonds is 6. The number of likely N-dealkylation sites (tertiary alicyclic amines) is 1. The second-order valence-electron chi connectivity index (χ2n) is 5.58. The van der Waals surface area contributed by atoms with Crippen molar-refractivity contribution >= 4 is 38.2 Å². The highest BCUT2D eigenvalue weighted by Crippen LogP contribution is 2.20. The smallest absolute Gasteiger partial charge is 0.179 e. The number of hydrogen-bond donors (Lipinski definition) is 1. The second-order valence-corrected chi connectivity index (χ2v) is 8.61. The van der Waals surface area contributed by atoms with Gasteiger partial charge in [0.25, 0.3) is 0 Å². The predicted octanol–water partition coefficient (Wildman–Crippen LogP) is 2.08. The van der Waals surface area contributed by atoms with Gasteiger partial charge in [0.2, 0.25) is 0 Å². The van der Waals surface area contributed by atoms with E-state index in [-0.39, 0.29) is 30.3 Å². The van der Waals surface area contributed by atoms with E-state index in [1.54, 1.807) is 31.4 Å². The molecule has 1 aromatic carbocycles. The molecular weight excluding hydrogens is 404 g/mol. The van der Waals surface area contributed by atoms with Crippen molar-refractivity contribution in [3.63, 3.8) is 0 Å². The molecule has 0 aliphatic carbocycles. The normalized spacial score (nSPS) is 22.6. The van der Waals surface area contributed by atoms with Crippen molar-refractivity contribution in [2.45, 2.75) is 29.9 Å². The lowest BCUT2D eigenvalue weighted by molar-refractivity contribution is 0.0157. The van der Waals surface area contributed by atoms with Crippen molar-refractivity contribution in [3.8, 4) is 0 Å². The predicted molar refractivity (Wildman–Crippen MR) is 97.9 cm³/mol. The summed E-state index contributed by atoms with van der Waals surface area (Å²) < 4.78 is 31.1. The quantitative estimate of drug-likeness (QED) is 0.752. The molecule has 132 valence electrons. The molecule has 8 heteroatoms. The van der Waals surface area contributed by atoms with Gasteiger partial charge in [0.1, 0.15) is 0 Å². The van der Waals surface area contributed by atoms with Gasteiger partial charge in [-0.15, -0.1) is 12.4 Å². The Hall–Kier alpha value is -0.180. The number of nitrogens with zero attached hydrogens (tertiary/aromatic N) is 1. The first-order valence-electron chi connectivity index (χ1n) is 7.41. The first-order chi connectivity index (χ1) is 10.5. The monoisotopic (exact) mass is 426 g/mol. The molecule has 5 nitrogen and oxygen atoms in total. The van der Waals surface area contributed by atoms with Gasteiger partial charge < -0.3 is 10.5 Å². The van der Waals surface area contributed by atoms with E-state index in [0.29, 0.717) is 18.0 Å². The first-order valence-corrected chi connectivity index (χ1v) is 9.86. The van der Waals surface area contributed by atoms with Gasteiger partial charge in [-0.3, -0.25) is 4.90 Å². The molecule has 0 radical (unpaired) electrons. The van der Waals surface area contributed by atoms with Crippen molar-refractivity contribution in [2.75, 3.05) is 32.5 Å². The summed E-state index contributed by atoms with van der Waals surface area (Å²) in [4.78, 5) is 2.54. The number of methoxy groups -OCH3 is 1. The zero-order valence-electron chi connectivity index (χ0n) is 13.2. The van der Waals surface area contributed by atoms with Crippen molar-refractivity contribution in [3.05, 3.63) is 28.7 Å². The zero-order valence-corrected chi connectivity index (χ0v) is 16.4. The molecule has 2 rings (SSSR count). The maximum absolute atomic E-state index is 12.4. The lowest BCUT2D eigenvalue weighted by Crippen LogP contribution is -2.49. The first kappa shape index (κ1) is 20.9. The Balaban J connectivity index is 0.00000264. The Morgan fingerprint density at radius 2 is 2.00 bits per heavy atom. The van der Waals surface area contributed by atoms with Gasteiger partial charge in [-0.1, -0.05) is 15.9 Å². The highest BCUT2D eigenvalue weighted by atomic mass is 79.9. The van der Waals surface area contributed by atoms with E-state index >= 15 is 0 Å². The summed E-state index contributed by atoms with van der Waals surface area (Å²) >= 11 is 3.31. The van der Waals surface area contributed by atoms with Gasteiger partial charge in [0.05, 0.1) is 16.8 Å². The van der Waals surface area contributed by atoms with E-state index in [2.05, 4.69) is 20.8 Å². The largest absolute Gasteiger partial charge is 0.381 e. The molecule has 0 saturated carbocycles. The van der Waals surface area contributed by atoms with Gasteiger partial charge in [-0.2, -0.15) is 0 Å². The van der Waals surface area contributed by atoms with Crippen LogP contribution in [0.25, 0.3) is 0 Å². The SMILES string of the molecule is COC1CCN(CCS(=O)(=O)c2ccc(Br)cc2)C(CN)C1.Cl. The summed E-state index contributed by atoms with van der Waals surface area (Å²) in [6, 6.07) is 6.96. The minimum absolute atomic E-state index is 0. The van der Waals surface area contributed by atoms with Crippen LogP contribution in [0.5, 0.6) is 0 Å². The average molecular weight is 428 g/mol. The van der Waals surface area contributed by atoms with Crippen LogP contribution in [0, 0.1) is 0 Å². The summed E-state index contributed by atoms with van der Waals surface area (Å²) in [5.41, 5.74) is 5.83. The summed E-state index contributed by atoms with van der Waals surface area (Å²) in [6.45, 7) is 1.87. The fourth-order valence-corrected chi connectivity index (χ4v) is 4.34. The van der Waals surface area contributed by atoms with Crippen LogP contribution in [-0.2, 0) is 14.6 Å². The Labute approximate surface area is 153 Å². The molecule has 0 aromatic heterocycles. The second kappa shape index (κ2) is 9.34. The maximum atomic E-state index is 12.4. The fourth-order valence-electron chi connectivity index (χ4n) is 2.81. The molecule has 1 aromatic rings. The molecule has 0 bridgehead atoms. The van der Waals surface area contributed by atoms with E-state index in [9.17, 15) is 8.42 Å². The van der Waals surface area contributed by atoms with Crippen molar-refractivity contribution < 1.29 is 13.2 Å². The number of benzene rings is 1. The van der Waals surface area contributed by atoms with Gasteiger partial charge in [-0.05, 0) is 37.1 Å². The van der Waals surface area contributed by atoms with Crippen LogP contribution < -0.4 is 5.73 Å². The molecule has 1 saturated heterocycles. The molecule has 2 atom stereocenters. The molecule has 0 spiro atoms. The molecule has 1 heterocycles. The third-order valence-electron chi connectivity index (χ3n) is 4.22. The number of hydrogen-bond acceptors (Lipinski definition) is 5. The highest BCUT2D eigenvalue weighted by Gasteiger charge is 2.28. The Morgan fingerprint density at radius 1 is 1.35 bits per heavy atom. The van der Waals surface area contributed by atoms with Crippen molar-refractivity contribution in [1.29, 1.82) is 0 Å². The molecule has 23 heavy (non-hydrogen) atoms. The van der Waals surface area contributed by atoms with E-state index in [1.807, 2.05) is 0 Å². The Morgan fingerprint density at radius 3 is 2.57 bits per heavy atom. The van der Waals surface area contributed by atoms with Crippen molar-refractivity contribution in [2.24, 2.45) is 5.73 Å². The summed E-state index contributed by atoms with van der Waals surface area (Å²) in [7, 11) is -1.55. The van der Waals surface area contributed by atoms with E-state index in [4.69, 9.17) is 10.5 Å². The van der Waals surface area contributed by atoms with Crippen LogP contribution in [0.3, 0.4) is 0 Å². The molecular formula is C15H24BrClN2O3S. The van der Waals surface area contributed by atoms with Crippen LogP contribution >= 0.6 is 28.3 Å². The topological polar surface area (TPSA) is 72.6 Å². The lowest BCUT2D eigenvalue weighted by atomic mass is 9.99. The molecule has 2 unspecified atom stereocenters. The van der Waals surface area contributed by atoms with Crippen LogP contribution in [0.4, 0.5) is 0 Å². The third-order valence-corrected chi connectivity index (χ3v) is 6.45. The third kappa shape index (κ3) is 5.69. The Kier molecular flexibility index (Phi) is 8.47. The average Bonchev–Trinajstić information content (AvgIpc) is 2.53. The molecule has 1 fully saturated rings. The van der Waals surface area contributed by atoms with E-state index in [1.165, 1.54) is 0 Å². The van der Waals surface area contributed by atoms with Crippen LogP contribution in [0.2, 0.25) is 0 Å². The van der Waals surface area contributed by atoms with Gasteiger partial charge >= 0.3 is 0 Å². The van der Waals surface area contributed by atoms with Crippen LogP contribution in [0.1, 0.15) is 12.8 Å². The number of sulfone groups is 1. The molecule has 2 N–H and O–H groups in total. The minimum Gasteiger partial charge on any atom is -0.381 e. The fraction of sp³-hybridized carbons (Fsp3) is 0.600. The number of piperidine rings is 1. The lowest BCUT2D eigenvalue weighted by Gasteiger charge is -2.38. The van der Waals surface area contributed by atoms with Crippen molar-refractivity contribution in [1.82, 2.24) is 4.90 Å². The van der Waals surface area contributed by atoms with E-state index < -0.39 is 9.84 Å². The standard InChI is InChI=1S/C15H23BrN2O3S.ClH/c1-21-14-6-7-18(13(10-14)11-17)8-9-22(19,20)15-4-2-12(16)3-5-15;/h2-5,13-14H,6-11,17H2,1H3;1H. The number of ether oxygens (including phenoxy) is 1. The van der Waals surface area contributed by atoms with Crippen LogP contribution in [0.15, 0.2) is 33.6 Å². The molecule has 1 aliphatic rings. The summed E-state index contributed by atoms with van der Waals surface area (Å²) in [5.74, 6) is 0.114. The Bertz CT molecular complexity index is 583. The van der Waals surface area contributed by atoms with Gasteiger partial charge in [-0.25, -0.2) is 8.42 Å². The number of halogens is 2. The summed E-state index contributed by atoms with van der Waals surface area (Å²) in [5, 5.41) is 0. The summed E-state index contributed by atoms with van der Waals surface area (Å²) in [6.07, 6.45) is 2.02. The number of nitrogens with two attached hydrogens (primary N) is 1. The molecule has 1 aliphatic heterocycles. The van der Waals surface area contributed by atoms with E-state index in [0.717, 1.165) is 23.9 Å². The zero-order chi connectivity index (χ0) is 16.2. The minimum atomic E-state index is -3.26.